The number of rotatable bonds is 3. The molecule has 2 heterocycles. The summed E-state index contributed by atoms with van der Waals surface area (Å²) in [7, 11) is 0. The molecule has 0 saturated carbocycles. The molecule has 6 nitrogen and oxygen atoms in total. The Morgan fingerprint density at radius 1 is 1.15 bits per heavy atom. The van der Waals surface area contributed by atoms with E-state index >= 15 is 0 Å². The van der Waals surface area contributed by atoms with Gasteiger partial charge in [0.1, 0.15) is 6.04 Å². The molecule has 0 radical (unpaired) electrons. The van der Waals surface area contributed by atoms with Gasteiger partial charge in [-0.25, -0.2) is 4.79 Å². The molecule has 7 heteroatoms. The SMILES string of the molecule is O=C(Nc1ccc(Br)cc1)N1CCCC1c1nc(-c2ccccc2)no1. The van der Waals surface area contributed by atoms with Crippen molar-refractivity contribution in [3.63, 3.8) is 0 Å². The molecule has 1 N–H and O–H groups in total. The average Bonchev–Trinajstić information content (AvgIpc) is 3.33. The third-order valence-corrected chi connectivity index (χ3v) is 4.90. The second-order valence-electron chi connectivity index (χ2n) is 6.11. The lowest BCUT2D eigenvalue weighted by Crippen LogP contribution is -2.34. The van der Waals surface area contributed by atoms with Gasteiger partial charge < -0.3 is 14.7 Å². The lowest BCUT2D eigenvalue weighted by molar-refractivity contribution is 0.193. The molecule has 1 atom stereocenters. The Morgan fingerprint density at radius 3 is 2.69 bits per heavy atom. The van der Waals surface area contributed by atoms with Gasteiger partial charge >= 0.3 is 6.03 Å². The molecule has 2 amide bonds. The van der Waals surface area contributed by atoms with E-state index in [9.17, 15) is 4.79 Å². The van der Waals surface area contributed by atoms with Crippen LogP contribution in [0.3, 0.4) is 0 Å². The van der Waals surface area contributed by atoms with E-state index in [2.05, 4.69) is 31.4 Å². The van der Waals surface area contributed by atoms with Gasteiger partial charge in [0, 0.05) is 22.3 Å². The highest BCUT2D eigenvalue weighted by Gasteiger charge is 2.34. The van der Waals surface area contributed by atoms with Crippen LogP contribution in [-0.2, 0) is 0 Å². The van der Waals surface area contributed by atoms with Gasteiger partial charge in [0.2, 0.25) is 11.7 Å². The highest BCUT2D eigenvalue weighted by molar-refractivity contribution is 9.10. The second kappa shape index (κ2) is 7.29. The molecular weight excluding hydrogens is 396 g/mol. The van der Waals surface area contributed by atoms with Crippen molar-refractivity contribution >= 4 is 27.6 Å². The second-order valence-corrected chi connectivity index (χ2v) is 7.03. The highest BCUT2D eigenvalue weighted by atomic mass is 79.9. The minimum atomic E-state index is -0.199. The summed E-state index contributed by atoms with van der Waals surface area (Å²) in [4.78, 5) is 18.9. The van der Waals surface area contributed by atoms with E-state index in [-0.39, 0.29) is 12.1 Å². The number of nitrogens with one attached hydrogen (secondary N) is 1. The zero-order valence-corrected chi connectivity index (χ0v) is 15.5. The number of urea groups is 1. The van der Waals surface area contributed by atoms with E-state index in [0.717, 1.165) is 28.6 Å². The number of nitrogens with zero attached hydrogens (tertiary/aromatic N) is 3. The first-order valence-corrected chi connectivity index (χ1v) is 9.22. The van der Waals surface area contributed by atoms with E-state index in [4.69, 9.17) is 4.52 Å². The van der Waals surface area contributed by atoms with Crippen LogP contribution in [0.15, 0.2) is 63.6 Å². The van der Waals surface area contributed by atoms with Crippen molar-refractivity contribution in [1.82, 2.24) is 15.0 Å². The van der Waals surface area contributed by atoms with Crippen molar-refractivity contribution < 1.29 is 9.32 Å². The maximum absolute atomic E-state index is 12.7. The number of anilines is 1. The predicted octanol–water partition coefficient (Wildman–Crippen LogP) is 4.87. The largest absolute Gasteiger partial charge is 0.337 e. The van der Waals surface area contributed by atoms with Gasteiger partial charge in [-0.3, -0.25) is 0 Å². The predicted molar refractivity (Wildman–Crippen MR) is 102 cm³/mol. The van der Waals surface area contributed by atoms with Gasteiger partial charge in [-0.1, -0.05) is 51.4 Å². The molecule has 1 aliphatic heterocycles. The fourth-order valence-electron chi connectivity index (χ4n) is 3.07. The summed E-state index contributed by atoms with van der Waals surface area (Å²) in [5.41, 5.74) is 1.64. The third kappa shape index (κ3) is 3.48. The quantitative estimate of drug-likeness (QED) is 0.665. The molecule has 1 aromatic heterocycles. The van der Waals surface area contributed by atoms with Crippen LogP contribution in [-0.4, -0.2) is 27.6 Å². The number of hydrogen-bond donors (Lipinski definition) is 1. The Bertz CT molecular complexity index is 895. The number of halogens is 1. The molecule has 4 rings (SSSR count). The van der Waals surface area contributed by atoms with Crippen molar-refractivity contribution in [2.75, 3.05) is 11.9 Å². The lowest BCUT2D eigenvalue weighted by Gasteiger charge is -2.22. The summed E-state index contributed by atoms with van der Waals surface area (Å²) in [5, 5.41) is 6.99. The van der Waals surface area contributed by atoms with Crippen LogP contribution >= 0.6 is 15.9 Å². The smallest absolute Gasteiger partial charge is 0.322 e. The monoisotopic (exact) mass is 412 g/mol. The summed E-state index contributed by atoms with van der Waals surface area (Å²) >= 11 is 3.39. The van der Waals surface area contributed by atoms with E-state index in [0.29, 0.717) is 18.3 Å². The standard InChI is InChI=1S/C19H17BrN4O2/c20-14-8-10-15(11-9-14)21-19(25)24-12-4-7-16(24)18-22-17(23-26-18)13-5-2-1-3-6-13/h1-3,5-6,8-11,16H,4,7,12H2,(H,21,25). The molecule has 2 aromatic carbocycles. The third-order valence-electron chi connectivity index (χ3n) is 4.37. The topological polar surface area (TPSA) is 71.3 Å². The zero-order chi connectivity index (χ0) is 17.9. The van der Waals surface area contributed by atoms with Gasteiger partial charge in [-0.2, -0.15) is 4.98 Å². The molecule has 1 unspecified atom stereocenters. The minimum absolute atomic E-state index is 0.158. The van der Waals surface area contributed by atoms with Gasteiger partial charge in [0.15, 0.2) is 0 Å². The van der Waals surface area contributed by atoms with E-state index < -0.39 is 0 Å². The van der Waals surface area contributed by atoms with Crippen molar-refractivity contribution in [2.45, 2.75) is 18.9 Å². The maximum Gasteiger partial charge on any atom is 0.322 e. The Kier molecular flexibility index (Phi) is 4.71. The number of benzene rings is 2. The molecular formula is C19H17BrN4O2. The number of amides is 2. The Balaban J connectivity index is 1.50. The Hall–Kier alpha value is -2.67. The Morgan fingerprint density at radius 2 is 1.92 bits per heavy atom. The number of carbonyl (C=O) groups excluding carboxylic acids is 1. The van der Waals surface area contributed by atoms with Crippen LogP contribution in [0, 0.1) is 0 Å². The first-order valence-electron chi connectivity index (χ1n) is 8.43. The van der Waals surface area contributed by atoms with Crippen molar-refractivity contribution in [2.24, 2.45) is 0 Å². The van der Waals surface area contributed by atoms with Gasteiger partial charge in [-0.15, -0.1) is 0 Å². The van der Waals surface area contributed by atoms with Gasteiger partial charge in [0.25, 0.3) is 0 Å². The van der Waals surface area contributed by atoms with Crippen molar-refractivity contribution in [3.05, 3.63) is 65.0 Å². The minimum Gasteiger partial charge on any atom is -0.337 e. The van der Waals surface area contributed by atoms with Gasteiger partial charge in [0.05, 0.1) is 0 Å². The molecule has 3 aromatic rings. The van der Waals surface area contributed by atoms with Crippen LogP contribution in [0.5, 0.6) is 0 Å². The number of aromatic nitrogens is 2. The highest BCUT2D eigenvalue weighted by Crippen LogP contribution is 2.32. The number of likely N-dealkylation sites (tertiary alicyclic amines) is 1. The number of carbonyl (C=O) groups is 1. The van der Waals surface area contributed by atoms with Crippen LogP contribution < -0.4 is 5.32 Å². The van der Waals surface area contributed by atoms with Crippen LogP contribution in [0.2, 0.25) is 0 Å². The normalized spacial score (nSPS) is 16.7. The molecule has 0 bridgehead atoms. The molecule has 1 fully saturated rings. The molecule has 0 spiro atoms. The van der Waals surface area contributed by atoms with Crippen molar-refractivity contribution in [1.29, 1.82) is 0 Å². The molecule has 132 valence electrons. The molecule has 1 aliphatic rings. The number of hydrogen-bond acceptors (Lipinski definition) is 4. The molecule has 26 heavy (non-hydrogen) atoms. The molecule has 0 aliphatic carbocycles. The summed E-state index contributed by atoms with van der Waals surface area (Å²) in [6.07, 6.45) is 1.71. The van der Waals surface area contributed by atoms with E-state index in [1.54, 1.807) is 4.90 Å². The first kappa shape index (κ1) is 16.8. The fourth-order valence-corrected chi connectivity index (χ4v) is 3.33. The van der Waals surface area contributed by atoms with Crippen molar-refractivity contribution in [3.8, 4) is 11.4 Å². The molecule has 1 saturated heterocycles. The van der Waals surface area contributed by atoms with E-state index in [1.807, 2.05) is 54.6 Å². The summed E-state index contributed by atoms with van der Waals surface area (Å²) < 4.78 is 6.43. The Labute approximate surface area is 159 Å². The summed E-state index contributed by atoms with van der Waals surface area (Å²) in [6.45, 7) is 0.663. The fraction of sp³-hybridized carbons (Fsp3) is 0.211. The lowest BCUT2D eigenvalue weighted by atomic mass is 10.2. The van der Waals surface area contributed by atoms with Crippen LogP contribution in [0.4, 0.5) is 10.5 Å². The van der Waals surface area contributed by atoms with E-state index in [1.165, 1.54) is 0 Å². The van der Waals surface area contributed by atoms with Gasteiger partial charge in [-0.05, 0) is 37.1 Å². The average molecular weight is 413 g/mol. The first-order chi connectivity index (χ1) is 12.7. The summed E-state index contributed by atoms with van der Waals surface area (Å²) in [6, 6.07) is 16.8. The maximum atomic E-state index is 12.7. The zero-order valence-electron chi connectivity index (χ0n) is 13.9. The van der Waals surface area contributed by atoms with Crippen LogP contribution in [0.25, 0.3) is 11.4 Å². The van der Waals surface area contributed by atoms with Crippen LogP contribution in [0.1, 0.15) is 24.8 Å². The summed E-state index contributed by atoms with van der Waals surface area (Å²) in [5.74, 6) is 1.02.